The fraction of sp³-hybridized carbons (Fsp3) is 0.0588. The number of aromatic nitrogens is 1. The Balaban J connectivity index is 1.94. The highest BCUT2D eigenvalue weighted by molar-refractivity contribution is 6.10. The lowest BCUT2D eigenvalue weighted by atomic mass is 10.1. The van der Waals surface area contributed by atoms with Gasteiger partial charge in [-0.1, -0.05) is 30.3 Å². The highest BCUT2D eigenvalue weighted by Crippen LogP contribution is 2.21. The van der Waals surface area contributed by atoms with Crippen LogP contribution in [0, 0.1) is 6.92 Å². The number of aryl methyl sites for hydroxylation is 1. The monoisotopic (exact) mass is 293 g/mol. The molecule has 0 bridgehead atoms. The molecular formula is C17H15N3O2. The van der Waals surface area contributed by atoms with Crippen LogP contribution < -0.4 is 11.1 Å². The van der Waals surface area contributed by atoms with Crippen molar-refractivity contribution in [3.8, 4) is 0 Å². The van der Waals surface area contributed by atoms with Crippen molar-refractivity contribution in [2.45, 2.75) is 6.92 Å². The fourth-order valence-corrected chi connectivity index (χ4v) is 2.48. The molecule has 4 N–H and O–H groups in total. The lowest BCUT2D eigenvalue weighted by Crippen LogP contribution is -2.19. The van der Waals surface area contributed by atoms with Crippen LogP contribution in [0.25, 0.3) is 10.9 Å². The van der Waals surface area contributed by atoms with Gasteiger partial charge in [-0.3, -0.25) is 9.59 Å². The summed E-state index contributed by atoms with van der Waals surface area (Å²) in [5, 5.41) is 3.69. The molecule has 3 rings (SSSR count). The Hall–Kier alpha value is -3.08. The number of para-hydroxylation sites is 1. The first kappa shape index (κ1) is 13.9. The maximum Gasteiger partial charge on any atom is 0.272 e. The Morgan fingerprint density at radius 3 is 2.59 bits per heavy atom. The van der Waals surface area contributed by atoms with Crippen LogP contribution in [0.15, 0.2) is 48.5 Å². The number of carbonyl (C=O) groups excluding carboxylic acids is 2. The smallest absolute Gasteiger partial charge is 0.272 e. The van der Waals surface area contributed by atoms with Gasteiger partial charge in [0, 0.05) is 10.9 Å². The second-order valence-electron chi connectivity index (χ2n) is 5.09. The highest BCUT2D eigenvalue weighted by Gasteiger charge is 2.15. The van der Waals surface area contributed by atoms with Crippen molar-refractivity contribution in [1.82, 2.24) is 4.98 Å². The first-order valence-electron chi connectivity index (χ1n) is 6.85. The molecule has 0 unspecified atom stereocenters. The molecule has 0 fully saturated rings. The van der Waals surface area contributed by atoms with Crippen LogP contribution in [0.5, 0.6) is 0 Å². The molecule has 0 saturated heterocycles. The number of hydrogen-bond donors (Lipinski definition) is 3. The molecule has 5 heteroatoms. The summed E-state index contributed by atoms with van der Waals surface area (Å²) in [7, 11) is 0. The van der Waals surface area contributed by atoms with Gasteiger partial charge in [-0.15, -0.1) is 0 Å². The number of rotatable bonds is 3. The number of nitrogens with two attached hydrogens (primary N) is 1. The number of carbonyl (C=O) groups is 2. The number of aromatic amines is 1. The Kier molecular flexibility index (Phi) is 3.39. The largest absolute Gasteiger partial charge is 0.366 e. The SMILES string of the molecule is Cc1cccc(NC(=O)c2cc3ccccc3[nH]2)c1C(N)=O. The lowest BCUT2D eigenvalue weighted by molar-refractivity contribution is 0.100. The molecule has 1 aromatic heterocycles. The zero-order valence-corrected chi connectivity index (χ0v) is 12.0. The van der Waals surface area contributed by atoms with Gasteiger partial charge < -0.3 is 16.0 Å². The summed E-state index contributed by atoms with van der Waals surface area (Å²) in [5.74, 6) is -0.880. The topological polar surface area (TPSA) is 88.0 Å². The van der Waals surface area contributed by atoms with Crippen molar-refractivity contribution in [3.63, 3.8) is 0 Å². The summed E-state index contributed by atoms with van der Waals surface area (Å²) in [5.41, 5.74) is 8.17. The zero-order valence-electron chi connectivity index (χ0n) is 12.0. The Bertz CT molecular complexity index is 847. The fourth-order valence-electron chi connectivity index (χ4n) is 2.48. The average Bonchev–Trinajstić information content (AvgIpc) is 2.91. The Labute approximate surface area is 127 Å². The van der Waals surface area contributed by atoms with E-state index >= 15 is 0 Å². The van der Waals surface area contributed by atoms with E-state index in [9.17, 15) is 9.59 Å². The summed E-state index contributed by atoms with van der Waals surface area (Å²) < 4.78 is 0. The van der Waals surface area contributed by atoms with Crippen LogP contribution in [-0.2, 0) is 0 Å². The summed E-state index contributed by atoms with van der Waals surface area (Å²) in [6, 6.07) is 14.6. The lowest BCUT2D eigenvalue weighted by Gasteiger charge is -2.10. The number of benzene rings is 2. The van der Waals surface area contributed by atoms with Crippen LogP contribution in [0.3, 0.4) is 0 Å². The van der Waals surface area contributed by atoms with Crippen LogP contribution in [-0.4, -0.2) is 16.8 Å². The molecule has 22 heavy (non-hydrogen) atoms. The van der Waals surface area contributed by atoms with Crippen molar-refractivity contribution in [1.29, 1.82) is 0 Å². The third kappa shape index (κ3) is 2.44. The number of hydrogen-bond acceptors (Lipinski definition) is 2. The van der Waals surface area contributed by atoms with Gasteiger partial charge >= 0.3 is 0 Å². The first-order chi connectivity index (χ1) is 10.6. The van der Waals surface area contributed by atoms with Crippen LogP contribution in [0.1, 0.15) is 26.4 Å². The van der Waals surface area contributed by atoms with Gasteiger partial charge in [0.15, 0.2) is 0 Å². The second kappa shape index (κ2) is 5.37. The van der Waals surface area contributed by atoms with E-state index in [1.165, 1.54) is 0 Å². The van der Waals surface area contributed by atoms with Gasteiger partial charge in [0.05, 0.1) is 11.3 Å². The maximum atomic E-state index is 12.4. The number of fused-ring (bicyclic) bond motifs is 1. The van der Waals surface area contributed by atoms with E-state index in [0.717, 1.165) is 16.5 Å². The third-order valence-corrected chi connectivity index (χ3v) is 3.54. The minimum absolute atomic E-state index is 0.315. The van der Waals surface area contributed by atoms with Crippen molar-refractivity contribution in [2.24, 2.45) is 5.73 Å². The van der Waals surface area contributed by atoms with E-state index < -0.39 is 5.91 Å². The maximum absolute atomic E-state index is 12.4. The minimum atomic E-state index is -0.565. The van der Waals surface area contributed by atoms with Gasteiger partial charge in [-0.2, -0.15) is 0 Å². The summed E-state index contributed by atoms with van der Waals surface area (Å²) in [4.78, 5) is 27.0. The van der Waals surface area contributed by atoms with Gasteiger partial charge in [0.2, 0.25) is 0 Å². The second-order valence-corrected chi connectivity index (χ2v) is 5.09. The quantitative estimate of drug-likeness (QED) is 0.693. The standard InChI is InChI=1S/C17H15N3O2/c1-10-5-4-8-13(15(10)16(18)21)20-17(22)14-9-11-6-2-3-7-12(11)19-14/h2-9,19H,1H3,(H2,18,21)(H,20,22). The zero-order chi connectivity index (χ0) is 15.7. The molecule has 110 valence electrons. The van der Waals surface area contributed by atoms with Gasteiger partial charge in [0.25, 0.3) is 11.8 Å². The van der Waals surface area contributed by atoms with E-state index in [4.69, 9.17) is 5.73 Å². The molecule has 0 aliphatic heterocycles. The van der Waals surface area contributed by atoms with E-state index in [2.05, 4.69) is 10.3 Å². The molecule has 1 heterocycles. The Morgan fingerprint density at radius 2 is 1.86 bits per heavy atom. The van der Waals surface area contributed by atoms with Crippen LogP contribution in [0.4, 0.5) is 5.69 Å². The van der Waals surface area contributed by atoms with Crippen LogP contribution >= 0.6 is 0 Å². The molecule has 0 aliphatic carbocycles. The number of amides is 2. The Morgan fingerprint density at radius 1 is 1.09 bits per heavy atom. The summed E-state index contributed by atoms with van der Waals surface area (Å²) in [6.45, 7) is 1.78. The summed E-state index contributed by atoms with van der Waals surface area (Å²) in [6.07, 6.45) is 0. The average molecular weight is 293 g/mol. The molecule has 3 aromatic rings. The normalized spacial score (nSPS) is 10.6. The molecule has 0 radical (unpaired) electrons. The number of anilines is 1. The van der Waals surface area contributed by atoms with E-state index in [1.807, 2.05) is 24.3 Å². The van der Waals surface area contributed by atoms with Crippen LogP contribution in [0.2, 0.25) is 0 Å². The number of nitrogens with one attached hydrogen (secondary N) is 2. The van der Waals surface area contributed by atoms with Gasteiger partial charge in [-0.25, -0.2) is 0 Å². The summed E-state index contributed by atoms with van der Waals surface area (Å²) >= 11 is 0. The number of primary amides is 1. The molecule has 0 spiro atoms. The molecule has 0 atom stereocenters. The van der Waals surface area contributed by atoms with Crippen molar-refractivity contribution in [2.75, 3.05) is 5.32 Å². The highest BCUT2D eigenvalue weighted by atomic mass is 16.2. The molecule has 2 amide bonds. The predicted molar refractivity (Wildman–Crippen MR) is 85.9 cm³/mol. The predicted octanol–water partition coefficient (Wildman–Crippen LogP) is 2.83. The van der Waals surface area contributed by atoms with Crippen molar-refractivity contribution < 1.29 is 9.59 Å². The first-order valence-corrected chi connectivity index (χ1v) is 6.85. The molecule has 0 saturated carbocycles. The van der Waals surface area contributed by atoms with E-state index in [-0.39, 0.29) is 5.91 Å². The molecule has 2 aromatic carbocycles. The minimum Gasteiger partial charge on any atom is -0.366 e. The molecular weight excluding hydrogens is 278 g/mol. The van der Waals surface area contributed by atoms with Gasteiger partial charge in [-0.05, 0) is 30.7 Å². The van der Waals surface area contributed by atoms with Crippen molar-refractivity contribution >= 4 is 28.4 Å². The van der Waals surface area contributed by atoms with E-state index in [0.29, 0.717) is 16.9 Å². The third-order valence-electron chi connectivity index (χ3n) is 3.54. The molecule has 0 aliphatic rings. The molecule has 5 nitrogen and oxygen atoms in total. The van der Waals surface area contributed by atoms with Crippen molar-refractivity contribution in [3.05, 3.63) is 65.4 Å². The van der Waals surface area contributed by atoms with Gasteiger partial charge in [0.1, 0.15) is 5.69 Å². The number of H-pyrrole nitrogens is 1. The van der Waals surface area contributed by atoms with E-state index in [1.54, 1.807) is 31.2 Å².